The number of rotatable bonds is 4. The molecule has 0 radical (unpaired) electrons. The molecule has 2 heterocycles. The van der Waals surface area contributed by atoms with Crippen LogP contribution in [0, 0.1) is 0 Å². The lowest BCUT2D eigenvalue weighted by atomic mass is 9.97. The molecule has 4 heteroatoms. The smallest absolute Gasteiger partial charge is 0.119 e. The molecule has 2 saturated heterocycles. The molecular formula is C17H25BrN2O. The van der Waals surface area contributed by atoms with Crippen molar-refractivity contribution in [3.05, 3.63) is 28.7 Å². The van der Waals surface area contributed by atoms with Gasteiger partial charge in [0.15, 0.2) is 0 Å². The summed E-state index contributed by atoms with van der Waals surface area (Å²) in [6, 6.07) is 9.52. The fourth-order valence-corrected chi connectivity index (χ4v) is 3.80. The zero-order chi connectivity index (χ0) is 14.7. The van der Waals surface area contributed by atoms with E-state index in [4.69, 9.17) is 4.74 Å². The van der Waals surface area contributed by atoms with Gasteiger partial charge in [0.05, 0.1) is 0 Å². The summed E-state index contributed by atoms with van der Waals surface area (Å²) in [5, 5.41) is 0. The molecule has 0 N–H and O–H groups in total. The second kappa shape index (κ2) is 7.12. The highest BCUT2D eigenvalue weighted by atomic mass is 79.9. The quantitative estimate of drug-likeness (QED) is 0.825. The molecule has 2 aliphatic heterocycles. The van der Waals surface area contributed by atoms with Crippen LogP contribution >= 0.6 is 15.9 Å². The molecular weight excluding hydrogens is 328 g/mol. The topological polar surface area (TPSA) is 15.7 Å². The van der Waals surface area contributed by atoms with Gasteiger partial charge < -0.3 is 4.74 Å². The molecule has 21 heavy (non-hydrogen) atoms. The second-order valence-corrected chi connectivity index (χ2v) is 7.21. The minimum atomic E-state index is 0.646. The lowest BCUT2D eigenvalue weighted by Gasteiger charge is -2.47. The first-order chi connectivity index (χ1) is 10.2. The number of hydrogen-bond acceptors (Lipinski definition) is 3. The molecule has 0 aliphatic carbocycles. The van der Waals surface area contributed by atoms with Crippen molar-refractivity contribution < 1.29 is 4.74 Å². The molecule has 0 bridgehead atoms. The summed E-state index contributed by atoms with van der Waals surface area (Å²) in [6.07, 6.45) is 4.16. The number of halogens is 1. The Balaban J connectivity index is 1.47. The maximum atomic E-state index is 5.87. The van der Waals surface area contributed by atoms with E-state index in [0.29, 0.717) is 6.04 Å². The summed E-state index contributed by atoms with van der Waals surface area (Å²) >= 11 is 3.45. The van der Waals surface area contributed by atoms with Crippen molar-refractivity contribution in [3.8, 4) is 5.75 Å². The Morgan fingerprint density at radius 1 is 1.19 bits per heavy atom. The molecule has 2 fully saturated rings. The highest BCUT2D eigenvalue weighted by Gasteiger charge is 2.32. The van der Waals surface area contributed by atoms with E-state index in [1.54, 1.807) is 0 Å². The van der Waals surface area contributed by atoms with Gasteiger partial charge in [0.2, 0.25) is 0 Å². The van der Waals surface area contributed by atoms with Crippen LogP contribution < -0.4 is 4.74 Å². The SMILES string of the molecule is CC1CN2CCCCC2CN1CCOc1ccc(Br)cc1. The van der Waals surface area contributed by atoms with Crippen molar-refractivity contribution >= 4 is 15.9 Å². The normalized spacial score (nSPS) is 27.3. The minimum Gasteiger partial charge on any atom is -0.492 e. The first kappa shape index (κ1) is 15.3. The van der Waals surface area contributed by atoms with Gasteiger partial charge in [0.25, 0.3) is 0 Å². The number of hydrogen-bond donors (Lipinski definition) is 0. The molecule has 3 rings (SSSR count). The lowest BCUT2D eigenvalue weighted by Crippen LogP contribution is -2.59. The fourth-order valence-electron chi connectivity index (χ4n) is 3.54. The molecule has 0 saturated carbocycles. The molecule has 116 valence electrons. The Hall–Kier alpha value is -0.580. The highest BCUT2D eigenvalue weighted by Crippen LogP contribution is 2.24. The highest BCUT2D eigenvalue weighted by molar-refractivity contribution is 9.10. The third-order valence-corrected chi connectivity index (χ3v) is 5.31. The zero-order valence-electron chi connectivity index (χ0n) is 12.8. The van der Waals surface area contributed by atoms with Gasteiger partial charge >= 0.3 is 0 Å². The standard InChI is InChI=1S/C17H25BrN2O/c1-14-12-20-9-3-2-4-16(20)13-19(14)10-11-21-17-7-5-15(18)6-8-17/h5-8,14,16H,2-4,9-13H2,1H3. The van der Waals surface area contributed by atoms with E-state index in [2.05, 4.69) is 32.7 Å². The summed E-state index contributed by atoms with van der Waals surface area (Å²) in [4.78, 5) is 5.30. The molecule has 1 aromatic carbocycles. The van der Waals surface area contributed by atoms with Crippen molar-refractivity contribution in [2.24, 2.45) is 0 Å². The molecule has 0 spiro atoms. The number of fused-ring (bicyclic) bond motifs is 1. The van der Waals surface area contributed by atoms with Crippen molar-refractivity contribution in [1.82, 2.24) is 9.80 Å². The number of piperidine rings is 1. The van der Waals surface area contributed by atoms with Gasteiger partial charge in [0.1, 0.15) is 12.4 Å². The molecule has 0 amide bonds. The van der Waals surface area contributed by atoms with E-state index in [-0.39, 0.29) is 0 Å². The van der Waals surface area contributed by atoms with Crippen molar-refractivity contribution in [3.63, 3.8) is 0 Å². The zero-order valence-corrected chi connectivity index (χ0v) is 14.4. The predicted molar refractivity (Wildman–Crippen MR) is 89.9 cm³/mol. The van der Waals surface area contributed by atoms with Crippen molar-refractivity contribution in [1.29, 1.82) is 0 Å². The van der Waals surface area contributed by atoms with Crippen LogP contribution in [-0.2, 0) is 0 Å². The Morgan fingerprint density at radius 3 is 2.81 bits per heavy atom. The molecule has 0 aromatic heterocycles. The average molecular weight is 353 g/mol. The van der Waals surface area contributed by atoms with Gasteiger partial charge in [-0.15, -0.1) is 0 Å². The van der Waals surface area contributed by atoms with Gasteiger partial charge in [-0.25, -0.2) is 0 Å². The predicted octanol–water partition coefficient (Wildman–Crippen LogP) is 3.39. The average Bonchev–Trinajstić information content (AvgIpc) is 2.50. The monoisotopic (exact) mass is 352 g/mol. The van der Waals surface area contributed by atoms with Crippen LogP contribution in [0.3, 0.4) is 0 Å². The minimum absolute atomic E-state index is 0.646. The van der Waals surface area contributed by atoms with Crippen LogP contribution in [0.5, 0.6) is 5.75 Å². The second-order valence-electron chi connectivity index (χ2n) is 6.29. The summed E-state index contributed by atoms with van der Waals surface area (Å²) in [5.74, 6) is 0.960. The summed E-state index contributed by atoms with van der Waals surface area (Å²) in [5.41, 5.74) is 0. The molecule has 2 unspecified atom stereocenters. The van der Waals surface area contributed by atoms with Gasteiger partial charge in [-0.05, 0) is 50.6 Å². The summed E-state index contributed by atoms with van der Waals surface area (Å²) in [6.45, 7) is 7.90. The van der Waals surface area contributed by atoms with E-state index in [0.717, 1.165) is 29.4 Å². The van der Waals surface area contributed by atoms with Gasteiger partial charge in [-0.1, -0.05) is 22.4 Å². The first-order valence-corrected chi connectivity index (χ1v) is 8.88. The lowest BCUT2D eigenvalue weighted by molar-refractivity contribution is 0.00973. The third kappa shape index (κ3) is 3.99. The Morgan fingerprint density at radius 2 is 2.00 bits per heavy atom. The first-order valence-electron chi connectivity index (χ1n) is 8.09. The fraction of sp³-hybridized carbons (Fsp3) is 0.647. The largest absolute Gasteiger partial charge is 0.492 e. The Labute approximate surface area is 136 Å². The number of nitrogens with zero attached hydrogens (tertiary/aromatic N) is 2. The van der Waals surface area contributed by atoms with Crippen LogP contribution in [0.2, 0.25) is 0 Å². The van der Waals surface area contributed by atoms with Gasteiger partial charge in [-0.3, -0.25) is 9.80 Å². The van der Waals surface area contributed by atoms with Gasteiger partial charge in [-0.2, -0.15) is 0 Å². The van der Waals surface area contributed by atoms with Crippen molar-refractivity contribution in [2.75, 3.05) is 32.8 Å². The molecule has 3 nitrogen and oxygen atoms in total. The maximum absolute atomic E-state index is 5.87. The van der Waals surface area contributed by atoms with Crippen LogP contribution in [-0.4, -0.2) is 54.7 Å². The number of benzene rings is 1. The van der Waals surface area contributed by atoms with Gasteiger partial charge in [0, 0.05) is 36.2 Å². The Kier molecular flexibility index (Phi) is 5.19. The number of piperazine rings is 1. The van der Waals surface area contributed by atoms with E-state index in [1.807, 2.05) is 24.3 Å². The molecule has 2 aliphatic rings. The molecule has 1 aromatic rings. The van der Waals surface area contributed by atoms with E-state index in [9.17, 15) is 0 Å². The van der Waals surface area contributed by atoms with Crippen molar-refractivity contribution in [2.45, 2.75) is 38.3 Å². The Bertz CT molecular complexity index is 451. The maximum Gasteiger partial charge on any atom is 0.119 e. The van der Waals surface area contributed by atoms with E-state index >= 15 is 0 Å². The summed E-state index contributed by atoms with van der Waals surface area (Å²) in [7, 11) is 0. The van der Waals surface area contributed by atoms with Crippen LogP contribution in [0.15, 0.2) is 28.7 Å². The number of ether oxygens (including phenoxy) is 1. The van der Waals surface area contributed by atoms with Crippen LogP contribution in [0.25, 0.3) is 0 Å². The third-order valence-electron chi connectivity index (χ3n) is 4.78. The van der Waals surface area contributed by atoms with E-state index < -0.39 is 0 Å². The summed E-state index contributed by atoms with van der Waals surface area (Å²) < 4.78 is 6.97. The molecule has 2 atom stereocenters. The van der Waals surface area contributed by atoms with Crippen LogP contribution in [0.4, 0.5) is 0 Å². The van der Waals surface area contributed by atoms with E-state index in [1.165, 1.54) is 38.9 Å². The van der Waals surface area contributed by atoms with Crippen LogP contribution in [0.1, 0.15) is 26.2 Å².